The number of benzene rings is 3. The lowest BCUT2D eigenvalue weighted by Crippen LogP contribution is -2.09. The van der Waals surface area contributed by atoms with Crippen LogP contribution in [0.15, 0.2) is 72.8 Å². The molecule has 0 fully saturated rings. The third-order valence-electron chi connectivity index (χ3n) is 3.73. The Kier molecular flexibility index (Phi) is 3.68. The van der Waals surface area contributed by atoms with Crippen molar-refractivity contribution in [3.05, 3.63) is 83.9 Å². The number of nitrogens with zero attached hydrogens (tertiary/aromatic N) is 1. The van der Waals surface area contributed by atoms with Crippen LogP contribution < -0.4 is 0 Å². The molecule has 0 saturated heterocycles. The van der Waals surface area contributed by atoms with Gasteiger partial charge in [-0.3, -0.25) is 0 Å². The molecule has 0 aromatic heterocycles. The van der Waals surface area contributed by atoms with Crippen molar-refractivity contribution in [3.63, 3.8) is 0 Å². The van der Waals surface area contributed by atoms with Gasteiger partial charge in [-0.1, -0.05) is 66.7 Å². The van der Waals surface area contributed by atoms with Gasteiger partial charge in [0.2, 0.25) is 0 Å². The summed E-state index contributed by atoms with van der Waals surface area (Å²) in [4.78, 5) is 0. The summed E-state index contributed by atoms with van der Waals surface area (Å²) in [7, 11) is 0. The van der Waals surface area contributed by atoms with Crippen molar-refractivity contribution < 1.29 is 5.11 Å². The van der Waals surface area contributed by atoms with E-state index in [2.05, 4.69) is 6.07 Å². The maximum Gasteiger partial charge on any atom is 0.101 e. The highest BCUT2D eigenvalue weighted by atomic mass is 16.3. The second-order valence-electron chi connectivity index (χ2n) is 5.07. The molecule has 0 aliphatic heterocycles. The number of aliphatic hydroxyl groups is 1. The molecule has 0 radical (unpaired) electrons. The van der Waals surface area contributed by atoms with Crippen molar-refractivity contribution in [1.82, 2.24) is 0 Å². The highest BCUT2D eigenvalue weighted by Crippen LogP contribution is 2.31. The Balaban J connectivity index is 2.00. The Morgan fingerprint density at radius 3 is 2.14 bits per heavy atom. The van der Waals surface area contributed by atoms with Gasteiger partial charge >= 0.3 is 0 Å². The molecule has 1 N–H and O–H groups in total. The first kappa shape index (κ1) is 13.4. The van der Waals surface area contributed by atoms with E-state index in [-0.39, 0.29) is 0 Å². The maximum atomic E-state index is 10.5. The van der Waals surface area contributed by atoms with E-state index in [4.69, 9.17) is 0 Å². The minimum Gasteiger partial charge on any atom is -0.387 e. The van der Waals surface area contributed by atoms with Crippen molar-refractivity contribution in [3.8, 4) is 6.07 Å². The normalized spacial score (nSPS) is 13.5. The van der Waals surface area contributed by atoms with Crippen LogP contribution in [0.3, 0.4) is 0 Å². The molecule has 0 aliphatic carbocycles. The Hall–Kier alpha value is -2.63. The van der Waals surface area contributed by atoms with Gasteiger partial charge in [0, 0.05) is 0 Å². The van der Waals surface area contributed by atoms with Gasteiger partial charge in [-0.25, -0.2) is 0 Å². The van der Waals surface area contributed by atoms with Gasteiger partial charge < -0.3 is 5.11 Å². The van der Waals surface area contributed by atoms with E-state index < -0.39 is 12.0 Å². The van der Waals surface area contributed by atoms with Gasteiger partial charge in [0.25, 0.3) is 0 Å². The van der Waals surface area contributed by atoms with E-state index in [1.54, 1.807) is 0 Å². The lowest BCUT2D eigenvalue weighted by Gasteiger charge is -2.18. The van der Waals surface area contributed by atoms with Gasteiger partial charge in [0.1, 0.15) is 5.92 Å². The number of hydrogen-bond acceptors (Lipinski definition) is 2. The minimum atomic E-state index is -0.822. The largest absolute Gasteiger partial charge is 0.387 e. The van der Waals surface area contributed by atoms with Crippen LogP contribution in [0, 0.1) is 11.3 Å². The molecule has 0 spiro atoms. The zero-order valence-corrected chi connectivity index (χ0v) is 11.5. The molecular formula is C19H15NO. The summed E-state index contributed by atoms with van der Waals surface area (Å²) in [5.41, 5.74) is 1.60. The van der Waals surface area contributed by atoms with Crippen molar-refractivity contribution in [1.29, 1.82) is 5.26 Å². The molecular weight excluding hydrogens is 258 g/mol. The third kappa shape index (κ3) is 2.65. The molecule has 0 unspecified atom stereocenters. The van der Waals surface area contributed by atoms with Gasteiger partial charge in [-0.2, -0.15) is 5.26 Å². The van der Waals surface area contributed by atoms with Crippen LogP contribution in [-0.4, -0.2) is 5.11 Å². The van der Waals surface area contributed by atoms with Crippen LogP contribution in [0.1, 0.15) is 23.1 Å². The molecule has 0 aliphatic rings. The SMILES string of the molecule is N#C[C@@H](c1ccc2ccccc2c1)[C@@H](O)c1ccccc1. The standard InChI is InChI=1S/C19H15NO/c20-13-18(19(21)15-7-2-1-3-8-15)17-11-10-14-6-4-5-9-16(14)12-17/h1-12,18-19,21H/t18-,19-/m0/s1. The zero-order valence-electron chi connectivity index (χ0n) is 11.5. The predicted molar refractivity (Wildman–Crippen MR) is 83.7 cm³/mol. The van der Waals surface area contributed by atoms with Crippen molar-refractivity contribution in [2.45, 2.75) is 12.0 Å². The highest BCUT2D eigenvalue weighted by Gasteiger charge is 2.22. The average Bonchev–Trinajstić information content (AvgIpc) is 2.56. The highest BCUT2D eigenvalue weighted by molar-refractivity contribution is 5.83. The fourth-order valence-electron chi connectivity index (χ4n) is 2.57. The van der Waals surface area contributed by atoms with Crippen molar-refractivity contribution in [2.75, 3.05) is 0 Å². The molecule has 21 heavy (non-hydrogen) atoms. The van der Waals surface area contributed by atoms with E-state index in [1.807, 2.05) is 72.8 Å². The first-order valence-electron chi connectivity index (χ1n) is 6.91. The summed E-state index contributed by atoms with van der Waals surface area (Å²) in [6.45, 7) is 0. The molecule has 0 bridgehead atoms. The van der Waals surface area contributed by atoms with Crippen molar-refractivity contribution in [2.24, 2.45) is 0 Å². The number of nitriles is 1. The summed E-state index contributed by atoms with van der Waals surface area (Å²) in [5.74, 6) is -0.572. The van der Waals surface area contributed by atoms with E-state index in [1.165, 1.54) is 0 Å². The van der Waals surface area contributed by atoms with Crippen LogP contribution in [-0.2, 0) is 0 Å². The Labute approximate surface area is 123 Å². The quantitative estimate of drug-likeness (QED) is 0.778. The molecule has 3 aromatic carbocycles. The summed E-state index contributed by atoms with van der Waals surface area (Å²) in [5, 5.41) is 22.2. The van der Waals surface area contributed by atoms with Crippen molar-refractivity contribution >= 4 is 10.8 Å². The van der Waals surface area contributed by atoms with E-state index >= 15 is 0 Å². The number of rotatable bonds is 3. The van der Waals surface area contributed by atoms with Crippen LogP contribution in [0.4, 0.5) is 0 Å². The minimum absolute atomic E-state index is 0.572. The van der Waals surface area contributed by atoms with Crippen LogP contribution >= 0.6 is 0 Å². The summed E-state index contributed by atoms with van der Waals surface area (Å²) < 4.78 is 0. The van der Waals surface area contributed by atoms with Crippen LogP contribution in [0.25, 0.3) is 10.8 Å². The van der Waals surface area contributed by atoms with Crippen LogP contribution in [0.5, 0.6) is 0 Å². The lowest BCUT2D eigenvalue weighted by molar-refractivity contribution is 0.164. The van der Waals surface area contributed by atoms with E-state index in [0.717, 1.165) is 21.9 Å². The molecule has 2 atom stereocenters. The molecule has 3 rings (SSSR count). The molecule has 2 nitrogen and oxygen atoms in total. The topological polar surface area (TPSA) is 44.0 Å². The summed E-state index contributed by atoms with van der Waals surface area (Å²) in [6, 6.07) is 25.5. The summed E-state index contributed by atoms with van der Waals surface area (Å²) in [6.07, 6.45) is -0.822. The molecule has 102 valence electrons. The zero-order chi connectivity index (χ0) is 14.7. The molecule has 0 saturated carbocycles. The lowest BCUT2D eigenvalue weighted by atomic mass is 9.89. The monoisotopic (exact) mass is 273 g/mol. The average molecular weight is 273 g/mol. The Morgan fingerprint density at radius 1 is 0.762 bits per heavy atom. The summed E-state index contributed by atoms with van der Waals surface area (Å²) >= 11 is 0. The number of hydrogen-bond donors (Lipinski definition) is 1. The molecule has 0 amide bonds. The second-order valence-corrected chi connectivity index (χ2v) is 5.07. The predicted octanol–water partition coefficient (Wildman–Crippen LogP) is 4.18. The second kappa shape index (κ2) is 5.78. The van der Waals surface area contributed by atoms with E-state index in [0.29, 0.717) is 0 Å². The maximum absolute atomic E-state index is 10.5. The smallest absolute Gasteiger partial charge is 0.101 e. The Bertz CT molecular complexity index is 789. The first-order valence-corrected chi connectivity index (χ1v) is 6.91. The van der Waals surface area contributed by atoms with Crippen LogP contribution in [0.2, 0.25) is 0 Å². The number of fused-ring (bicyclic) bond motifs is 1. The van der Waals surface area contributed by atoms with Gasteiger partial charge in [-0.05, 0) is 28.0 Å². The molecule has 3 aromatic rings. The fraction of sp³-hybridized carbons (Fsp3) is 0.105. The fourth-order valence-corrected chi connectivity index (χ4v) is 2.57. The van der Waals surface area contributed by atoms with Gasteiger partial charge in [0.15, 0.2) is 0 Å². The van der Waals surface area contributed by atoms with E-state index in [9.17, 15) is 10.4 Å². The number of aliphatic hydroxyl groups excluding tert-OH is 1. The Morgan fingerprint density at radius 2 is 1.43 bits per heavy atom. The first-order chi connectivity index (χ1) is 10.3. The van der Waals surface area contributed by atoms with Gasteiger partial charge in [0.05, 0.1) is 12.2 Å². The molecule has 2 heteroatoms. The molecule has 0 heterocycles. The van der Waals surface area contributed by atoms with Gasteiger partial charge in [-0.15, -0.1) is 0 Å². The third-order valence-corrected chi connectivity index (χ3v) is 3.73.